The summed E-state index contributed by atoms with van der Waals surface area (Å²) < 4.78 is 0. The predicted molar refractivity (Wildman–Crippen MR) is 87.8 cm³/mol. The Labute approximate surface area is 132 Å². The average Bonchev–Trinajstić information content (AvgIpc) is 2.49. The summed E-state index contributed by atoms with van der Waals surface area (Å²) >= 11 is 0. The highest BCUT2D eigenvalue weighted by atomic mass is 16.2. The second-order valence-corrected chi connectivity index (χ2v) is 6.29. The molecule has 0 radical (unpaired) electrons. The van der Waals surface area contributed by atoms with Crippen molar-refractivity contribution in [3.8, 4) is 0 Å². The Hall–Kier alpha value is -2.04. The van der Waals surface area contributed by atoms with E-state index in [2.05, 4.69) is 12.2 Å². The number of carbonyl (C=O) groups excluding carboxylic acids is 2. The fourth-order valence-corrected chi connectivity index (χ4v) is 2.62. The minimum absolute atomic E-state index is 0.0383. The van der Waals surface area contributed by atoms with E-state index in [1.54, 1.807) is 19.0 Å². The number of carbonyl (C=O) groups is 2. The highest BCUT2D eigenvalue weighted by Gasteiger charge is 2.20. The molecule has 2 rings (SSSR count). The molecule has 5 heteroatoms. The first-order valence-electron chi connectivity index (χ1n) is 7.80. The fourth-order valence-electron chi connectivity index (χ4n) is 2.62. The molecule has 5 nitrogen and oxygen atoms in total. The molecule has 1 aromatic rings. The predicted octanol–water partition coefficient (Wildman–Crippen LogP) is 2.58. The lowest BCUT2D eigenvalue weighted by Gasteiger charge is -2.30. The third-order valence-electron chi connectivity index (χ3n) is 4.00. The minimum atomic E-state index is -0.0383. The molecule has 1 aliphatic heterocycles. The number of amides is 3. The number of hydrogen-bond acceptors (Lipinski definition) is 2. The van der Waals surface area contributed by atoms with Gasteiger partial charge in [-0.2, -0.15) is 0 Å². The molecule has 0 spiro atoms. The van der Waals surface area contributed by atoms with Crippen LogP contribution < -0.4 is 5.32 Å². The summed E-state index contributed by atoms with van der Waals surface area (Å²) in [6.07, 6.45) is 2.64. The third kappa shape index (κ3) is 4.48. The van der Waals surface area contributed by atoms with Gasteiger partial charge in [-0.05, 0) is 36.5 Å². The zero-order valence-corrected chi connectivity index (χ0v) is 13.6. The van der Waals surface area contributed by atoms with Gasteiger partial charge >= 0.3 is 6.03 Å². The van der Waals surface area contributed by atoms with Crippen LogP contribution in [0.15, 0.2) is 24.3 Å². The molecule has 22 heavy (non-hydrogen) atoms. The summed E-state index contributed by atoms with van der Waals surface area (Å²) in [7, 11) is 3.49. The number of likely N-dealkylation sites (N-methyl/N-ethyl adjacent to an activating group) is 1. The number of urea groups is 1. The standard InChI is InChI=1S/C17H25N3O2/c1-13-5-4-10-20(12-13)17(22)18-15-8-6-14(7-9-15)11-16(21)19(2)3/h6-9,13H,4-5,10-12H2,1-3H3,(H,18,22). The largest absolute Gasteiger partial charge is 0.349 e. The molecule has 0 bridgehead atoms. The van der Waals surface area contributed by atoms with Gasteiger partial charge in [0.2, 0.25) is 5.91 Å². The van der Waals surface area contributed by atoms with Crippen LogP contribution in [-0.2, 0) is 11.2 Å². The molecule has 1 fully saturated rings. The van der Waals surface area contributed by atoms with Gasteiger partial charge in [0.05, 0.1) is 6.42 Å². The molecule has 0 aliphatic carbocycles. The monoisotopic (exact) mass is 303 g/mol. The highest BCUT2D eigenvalue weighted by Crippen LogP contribution is 2.17. The van der Waals surface area contributed by atoms with Gasteiger partial charge in [-0.3, -0.25) is 4.79 Å². The zero-order valence-electron chi connectivity index (χ0n) is 13.6. The van der Waals surface area contributed by atoms with Crippen LogP contribution in [0.2, 0.25) is 0 Å². The van der Waals surface area contributed by atoms with E-state index < -0.39 is 0 Å². The molecule has 1 unspecified atom stereocenters. The van der Waals surface area contributed by atoms with Crippen LogP contribution in [0.5, 0.6) is 0 Å². The van der Waals surface area contributed by atoms with Crippen molar-refractivity contribution in [3.63, 3.8) is 0 Å². The molecule has 1 heterocycles. The molecular weight excluding hydrogens is 278 g/mol. The number of hydrogen-bond donors (Lipinski definition) is 1. The molecule has 120 valence electrons. The molecule has 1 atom stereocenters. The minimum Gasteiger partial charge on any atom is -0.349 e. The lowest BCUT2D eigenvalue weighted by molar-refractivity contribution is -0.127. The summed E-state index contributed by atoms with van der Waals surface area (Å²) in [6, 6.07) is 7.43. The maximum Gasteiger partial charge on any atom is 0.321 e. The summed E-state index contributed by atoms with van der Waals surface area (Å²) in [5, 5.41) is 2.93. The van der Waals surface area contributed by atoms with Crippen molar-refractivity contribution in [2.24, 2.45) is 5.92 Å². The Balaban J connectivity index is 1.90. The van der Waals surface area contributed by atoms with Crippen LogP contribution in [0.1, 0.15) is 25.3 Å². The van der Waals surface area contributed by atoms with Gasteiger partial charge in [0, 0.05) is 32.9 Å². The van der Waals surface area contributed by atoms with Crippen LogP contribution >= 0.6 is 0 Å². The SMILES string of the molecule is CC1CCCN(C(=O)Nc2ccc(CC(=O)N(C)C)cc2)C1. The van der Waals surface area contributed by atoms with E-state index in [-0.39, 0.29) is 11.9 Å². The van der Waals surface area contributed by atoms with Gasteiger partial charge < -0.3 is 15.1 Å². The van der Waals surface area contributed by atoms with Gasteiger partial charge in [0.1, 0.15) is 0 Å². The van der Waals surface area contributed by atoms with Crippen molar-refractivity contribution in [3.05, 3.63) is 29.8 Å². The van der Waals surface area contributed by atoms with Crippen LogP contribution in [0, 0.1) is 5.92 Å². The van der Waals surface area contributed by atoms with E-state index in [0.29, 0.717) is 12.3 Å². The van der Waals surface area contributed by atoms with Crippen LogP contribution in [0.25, 0.3) is 0 Å². The van der Waals surface area contributed by atoms with Gasteiger partial charge in [-0.1, -0.05) is 19.1 Å². The van der Waals surface area contributed by atoms with E-state index >= 15 is 0 Å². The topological polar surface area (TPSA) is 52.7 Å². The van der Waals surface area contributed by atoms with Crippen LogP contribution in [-0.4, -0.2) is 48.9 Å². The van der Waals surface area contributed by atoms with Crippen molar-refractivity contribution >= 4 is 17.6 Å². The number of nitrogens with zero attached hydrogens (tertiary/aromatic N) is 2. The maximum absolute atomic E-state index is 12.2. The second kappa shape index (κ2) is 7.29. The fraction of sp³-hybridized carbons (Fsp3) is 0.529. The first-order chi connectivity index (χ1) is 10.5. The van der Waals surface area contributed by atoms with Crippen molar-refractivity contribution in [2.45, 2.75) is 26.2 Å². The zero-order chi connectivity index (χ0) is 16.1. The van der Waals surface area contributed by atoms with E-state index in [0.717, 1.165) is 30.8 Å². The Morgan fingerprint density at radius 3 is 2.55 bits per heavy atom. The van der Waals surface area contributed by atoms with Gasteiger partial charge in [-0.15, -0.1) is 0 Å². The molecular formula is C17H25N3O2. The molecule has 1 saturated heterocycles. The lowest BCUT2D eigenvalue weighted by Crippen LogP contribution is -2.41. The van der Waals surface area contributed by atoms with E-state index in [1.165, 1.54) is 6.42 Å². The number of rotatable bonds is 3. The van der Waals surface area contributed by atoms with Gasteiger partial charge in [0.25, 0.3) is 0 Å². The first kappa shape index (κ1) is 16.3. The number of nitrogens with one attached hydrogen (secondary N) is 1. The van der Waals surface area contributed by atoms with Crippen LogP contribution in [0.3, 0.4) is 0 Å². The normalized spacial score (nSPS) is 18.0. The Bertz CT molecular complexity index is 525. The smallest absolute Gasteiger partial charge is 0.321 e. The number of benzene rings is 1. The number of piperidine rings is 1. The molecule has 3 amide bonds. The van der Waals surface area contributed by atoms with E-state index in [9.17, 15) is 9.59 Å². The van der Waals surface area contributed by atoms with E-state index in [1.807, 2.05) is 29.2 Å². The maximum atomic E-state index is 12.2. The highest BCUT2D eigenvalue weighted by molar-refractivity contribution is 5.89. The average molecular weight is 303 g/mol. The summed E-state index contributed by atoms with van der Waals surface area (Å²) in [4.78, 5) is 27.3. The molecule has 0 aromatic heterocycles. The van der Waals surface area contributed by atoms with Gasteiger partial charge in [0.15, 0.2) is 0 Å². The molecule has 1 aromatic carbocycles. The third-order valence-corrected chi connectivity index (χ3v) is 4.00. The molecule has 1 N–H and O–H groups in total. The van der Waals surface area contributed by atoms with Gasteiger partial charge in [-0.25, -0.2) is 4.79 Å². The summed E-state index contributed by atoms with van der Waals surface area (Å²) in [6.45, 7) is 3.82. The number of likely N-dealkylation sites (tertiary alicyclic amines) is 1. The Morgan fingerprint density at radius 1 is 1.27 bits per heavy atom. The summed E-state index contributed by atoms with van der Waals surface area (Å²) in [5.41, 5.74) is 1.72. The molecule has 1 aliphatic rings. The first-order valence-corrected chi connectivity index (χ1v) is 7.80. The Morgan fingerprint density at radius 2 is 1.95 bits per heavy atom. The van der Waals surface area contributed by atoms with Crippen molar-refractivity contribution in [2.75, 3.05) is 32.5 Å². The summed E-state index contributed by atoms with van der Waals surface area (Å²) in [5.74, 6) is 0.637. The van der Waals surface area contributed by atoms with Crippen molar-refractivity contribution < 1.29 is 9.59 Å². The van der Waals surface area contributed by atoms with Crippen LogP contribution in [0.4, 0.5) is 10.5 Å². The van der Waals surface area contributed by atoms with E-state index in [4.69, 9.17) is 0 Å². The van der Waals surface area contributed by atoms with Crippen molar-refractivity contribution in [1.82, 2.24) is 9.80 Å². The quantitative estimate of drug-likeness (QED) is 0.933. The van der Waals surface area contributed by atoms with Crippen molar-refractivity contribution in [1.29, 1.82) is 0 Å². The number of anilines is 1. The lowest BCUT2D eigenvalue weighted by atomic mass is 10.0. The molecule has 0 saturated carbocycles. The second-order valence-electron chi connectivity index (χ2n) is 6.29. The Kier molecular flexibility index (Phi) is 5.41.